The molecule has 1 atom stereocenters. The van der Waals surface area contributed by atoms with Gasteiger partial charge in [0.25, 0.3) is 0 Å². The lowest BCUT2D eigenvalue weighted by Gasteiger charge is -2.08. The van der Waals surface area contributed by atoms with E-state index in [4.69, 9.17) is 5.11 Å². The van der Waals surface area contributed by atoms with E-state index < -0.39 is 11.9 Å². The van der Waals surface area contributed by atoms with Gasteiger partial charge in [-0.05, 0) is 26.3 Å². The summed E-state index contributed by atoms with van der Waals surface area (Å²) in [5.41, 5.74) is 3.11. The number of hydrogen-bond donors (Lipinski definition) is 1. The van der Waals surface area contributed by atoms with Gasteiger partial charge in [0, 0.05) is 0 Å². The summed E-state index contributed by atoms with van der Waals surface area (Å²) in [5, 5.41) is 8.82. The van der Waals surface area contributed by atoms with Crippen LogP contribution in [0.4, 0.5) is 0 Å². The van der Waals surface area contributed by atoms with Crippen molar-refractivity contribution in [1.29, 1.82) is 0 Å². The molecule has 1 N–H and O–H groups in total. The first-order valence-electron chi connectivity index (χ1n) is 4.31. The Hall–Kier alpha value is -1.31. The van der Waals surface area contributed by atoms with E-state index in [2.05, 4.69) is 0 Å². The lowest BCUT2D eigenvalue weighted by atomic mass is 9.97. The average molecular weight is 178 g/mol. The van der Waals surface area contributed by atoms with E-state index in [0.29, 0.717) is 0 Å². The number of aryl methyl sites for hydroxylation is 2. The molecule has 70 valence electrons. The number of rotatable bonds is 2. The van der Waals surface area contributed by atoms with E-state index in [1.807, 2.05) is 32.0 Å². The molecule has 0 bridgehead atoms. The number of hydrogen-bond acceptors (Lipinski definition) is 1. The highest BCUT2D eigenvalue weighted by molar-refractivity contribution is 5.75. The van der Waals surface area contributed by atoms with Crippen molar-refractivity contribution in [3.8, 4) is 0 Å². The van der Waals surface area contributed by atoms with Gasteiger partial charge in [-0.3, -0.25) is 4.79 Å². The zero-order chi connectivity index (χ0) is 10.0. The van der Waals surface area contributed by atoms with Crippen LogP contribution in [-0.2, 0) is 4.79 Å². The molecular formula is C11H14O2. The van der Waals surface area contributed by atoms with Gasteiger partial charge < -0.3 is 5.11 Å². The summed E-state index contributed by atoms with van der Waals surface area (Å²) in [6, 6.07) is 5.88. The number of aliphatic carboxylic acids is 1. The maximum Gasteiger partial charge on any atom is 0.310 e. The number of carboxylic acid groups (broad SMARTS) is 1. The third kappa shape index (κ3) is 2.31. The van der Waals surface area contributed by atoms with Gasteiger partial charge in [-0.1, -0.05) is 29.3 Å². The highest BCUT2D eigenvalue weighted by Crippen LogP contribution is 2.18. The predicted octanol–water partition coefficient (Wildman–Crippen LogP) is 2.49. The lowest BCUT2D eigenvalue weighted by Crippen LogP contribution is -2.07. The molecule has 0 amide bonds. The van der Waals surface area contributed by atoms with Crippen LogP contribution in [0, 0.1) is 13.8 Å². The minimum absolute atomic E-state index is 0.418. The van der Waals surface area contributed by atoms with E-state index in [1.54, 1.807) is 6.92 Å². The van der Waals surface area contributed by atoms with Crippen molar-refractivity contribution >= 4 is 5.97 Å². The molecule has 0 heterocycles. The van der Waals surface area contributed by atoms with E-state index in [0.717, 1.165) is 16.7 Å². The molecule has 0 aliphatic carbocycles. The minimum Gasteiger partial charge on any atom is -0.481 e. The van der Waals surface area contributed by atoms with Crippen LogP contribution in [0.3, 0.4) is 0 Å². The highest BCUT2D eigenvalue weighted by atomic mass is 16.4. The molecule has 0 spiro atoms. The molecule has 1 aromatic carbocycles. The number of carbonyl (C=O) groups is 1. The summed E-state index contributed by atoms with van der Waals surface area (Å²) in [7, 11) is 0. The third-order valence-electron chi connectivity index (χ3n) is 2.11. The van der Waals surface area contributed by atoms with Crippen LogP contribution in [0.15, 0.2) is 18.2 Å². The molecule has 2 nitrogen and oxygen atoms in total. The summed E-state index contributed by atoms with van der Waals surface area (Å²) in [6.07, 6.45) is 0. The summed E-state index contributed by atoms with van der Waals surface area (Å²) in [5.74, 6) is -1.19. The van der Waals surface area contributed by atoms with Gasteiger partial charge in [-0.2, -0.15) is 0 Å². The molecule has 1 unspecified atom stereocenters. The first kappa shape index (κ1) is 9.78. The normalized spacial score (nSPS) is 12.5. The molecule has 0 aliphatic rings. The van der Waals surface area contributed by atoms with Crippen LogP contribution >= 0.6 is 0 Å². The maximum absolute atomic E-state index is 10.7. The Bertz CT molecular complexity index is 309. The Labute approximate surface area is 78.2 Å². The van der Waals surface area contributed by atoms with Gasteiger partial charge in [0.15, 0.2) is 0 Å². The molecular weight excluding hydrogens is 164 g/mol. The first-order valence-corrected chi connectivity index (χ1v) is 4.31. The molecule has 0 saturated heterocycles. The molecule has 0 aliphatic heterocycles. The molecule has 1 aromatic rings. The average Bonchev–Trinajstić information content (AvgIpc) is 2.01. The first-order chi connectivity index (χ1) is 6.00. The van der Waals surface area contributed by atoms with Crippen molar-refractivity contribution in [2.45, 2.75) is 26.7 Å². The van der Waals surface area contributed by atoms with Crippen LogP contribution < -0.4 is 0 Å². The molecule has 13 heavy (non-hydrogen) atoms. The largest absolute Gasteiger partial charge is 0.481 e. The fraction of sp³-hybridized carbons (Fsp3) is 0.364. The van der Waals surface area contributed by atoms with Gasteiger partial charge in [-0.15, -0.1) is 0 Å². The number of carboxylic acids is 1. The van der Waals surface area contributed by atoms with Gasteiger partial charge in [0.05, 0.1) is 5.92 Å². The smallest absolute Gasteiger partial charge is 0.310 e. The van der Waals surface area contributed by atoms with E-state index in [1.165, 1.54) is 0 Å². The van der Waals surface area contributed by atoms with Crippen molar-refractivity contribution < 1.29 is 9.90 Å². The predicted molar refractivity (Wildman–Crippen MR) is 52.0 cm³/mol. The Morgan fingerprint density at radius 3 is 2.08 bits per heavy atom. The second-order valence-electron chi connectivity index (χ2n) is 3.48. The van der Waals surface area contributed by atoms with Crippen LogP contribution in [-0.4, -0.2) is 11.1 Å². The lowest BCUT2D eigenvalue weighted by molar-refractivity contribution is -0.138. The fourth-order valence-electron chi connectivity index (χ4n) is 1.40. The zero-order valence-electron chi connectivity index (χ0n) is 8.16. The van der Waals surface area contributed by atoms with Crippen molar-refractivity contribution in [3.63, 3.8) is 0 Å². The van der Waals surface area contributed by atoms with E-state index in [9.17, 15) is 4.79 Å². The van der Waals surface area contributed by atoms with Crippen LogP contribution in [0.1, 0.15) is 29.5 Å². The summed E-state index contributed by atoms with van der Waals surface area (Å²) in [6.45, 7) is 5.66. The van der Waals surface area contributed by atoms with Crippen molar-refractivity contribution in [3.05, 3.63) is 34.9 Å². The Kier molecular flexibility index (Phi) is 2.71. The van der Waals surface area contributed by atoms with Crippen LogP contribution in [0.25, 0.3) is 0 Å². The molecule has 1 rings (SSSR count). The zero-order valence-corrected chi connectivity index (χ0v) is 8.16. The van der Waals surface area contributed by atoms with E-state index >= 15 is 0 Å². The molecule has 2 heteroatoms. The Morgan fingerprint density at radius 2 is 1.69 bits per heavy atom. The summed E-state index contributed by atoms with van der Waals surface area (Å²) in [4.78, 5) is 10.7. The highest BCUT2D eigenvalue weighted by Gasteiger charge is 2.13. The quantitative estimate of drug-likeness (QED) is 0.755. The Balaban J connectivity index is 3.07. The van der Waals surface area contributed by atoms with Crippen molar-refractivity contribution in [2.24, 2.45) is 0 Å². The van der Waals surface area contributed by atoms with E-state index in [-0.39, 0.29) is 0 Å². The second-order valence-corrected chi connectivity index (χ2v) is 3.48. The standard InChI is InChI=1S/C11H14O2/c1-7-4-8(2)6-10(5-7)9(3)11(12)13/h4-6,9H,1-3H3,(H,12,13). The molecule has 0 radical (unpaired) electrons. The Morgan fingerprint density at radius 1 is 1.23 bits per heavy atom. The number of benzene rings is 1. The molecule has 0 fully saturated rings. The van der Waals surface area contributed by atoms with Gasteiger partial charge in [0.2, 0.25) is 0 Å². The monoisotopic (exact) mass is 178 g/mol. The maximum atomic E-state index is 10.7. The van der Waals surface area contributed by atoms with Gasteiger partial charge >= 0.3 is 5.97 Å². The second kappa shape index (κ2) is 3.60. The van der Waals surface area contributed by atoms with Crippen LogP contribution in [0.2, 0.25) is 0 Å². The van der Waals surface area contributed by atoms with Crippen molar-refractivity contribution in [2.75, 3.05) is 0 Å². The SMILES string of the molecule is Cc1cc(C)cc(C(C)C(=O)O)c1. The van der Waals surface area contributed by atoms with Gasteiger partial charge in [-0.25, -0.2) is 0 Å². The third-order valence-corrected chi connectivity index (χ3v) is 2.11. The van der Waals surface area contributed by atoms with Gasteiger partial charge in [0.1, 0.15) is 0 Å². The molecule has 0 saturated carbocycles. The topological polar surface area (TPSA) is 37.3 Å². The van der Waals surface area contributed by atoms with Crippen molar-refractivity contribution in [1.82, 2.24) is 0 Å². The molecule has 0 aromatic heterocycles. The van der Waals surface area contributed by atoms with Crippen LogP contribution in [0.5, 0.6) is 0 Å². The minimum atomic E-state index is -0.773. The summed E-state index contributed by atoms with van der Waals surface area (Å²) < 4.78 is 0. The summed E-state index contributed by atoms with van der Waals surface area (Å²) >= 11 is 0. The fourth-order valence-corrected chi connectivity index (χ4v) is 1.40.